The number of halogens is 1. The Hall–Kier alpha value is -3.56. The fourth-order valence-corrected chi connectivity index (χ4v) is 2.83. The number of amides is 1. The van der Waals surface area contributed by atoms with Crippen LogP contribution in [0.1, 0.15) is 19.2 Å². The average molecular weight is 401 g/mol. The number of ether oxygens (including phenoxy) is 1. The minimum absolute atomic E-state index is 0.000558. The summed E-state index contributed by atoms with van der Waals surface area (Å²) in [6.45, 7) is 3.45. The van der Waals surface area contributed by atoms with E-state index in [4.69, 9.17) is 4.74 Å². The summed E-state index contributed by atoms with van der Waals surface area (Å²) in [5, 5.41) is 6.92. The van der Waals surface area contributed by atoms with Crippen molar-refractivity contribution in [2.75, 3.05) is 13.2 Å². The van der Waals surface area contributed by atoms with E-state index in [1.165, 1.54) is 39.7 Å². The molecule has 152 valence electrons. The lowest BCUT2D eigenvalue weighted by Gasteiger charge is -2.10. The number of benzene rings is 1. The van der Waals surface area contributed by atoms with Crippen molar-refractivity contribution in [3.63, 3.8) is 0 Å². The van der Waals surface area contributed by atoms with Gasteiger partial charge in [0.1, 0.15) is 23.6 Å². The maximum Gasteiger partial charge on any atom is 0.325 e. The number of hydrogen-bond acceptors (Lipinski definition) is 6. The van der Waals surface area contributed by atoms with Crippen LogP contribution in [0.4, 0.5) is 4.39 Å². The summed E-state index contributed by atoms with van der Waals surface area (Å²) in [7, 11) is 0. The van der Waals surface area contributed by atoms with Gasteiger partial charge in [-0.3, -0.25) is 19.0 Å². The summed E-state index contributed by atoms with van der Waals surface area (Å²) in [5.41, 5.74) is 0.588. The Kier molecular flexibility index (Phi) is 6.01. The zero-order valence-electron chi connectivity index (χ0n) is 16.0. The van der Waals surface area contributed by atoms with Crippen LogP contribution >= 0.6 is 0 Å². The fraction of sp³-hybridized carbons (Fsp3) is 0.316. The molecule has 2 heterocycles. The molecule has 3 aromatic rings. The zero-order valence-corrected chi connectivity index (χ0v) is 16.0. The quantitative estimate of drug-likeness (QED) is 0.594. The second-order valence-electron chi connectivity index (χ2n) is 6.22. The molecule has 0 fully saturated rings. The molecule has 0 saturated carbocycles. The third-order valence-electron chi connectivity index (χ3n) is 4.25. The topological polar surface area (TPSA) is 108 Å². The molecule has 0 aliphatic rings. The molecule has 0 bridgehead atoms. The highest BCUT2D eigenvalue weighted by Crippen LogP contribution is 2.15. The third-order valence-corrected chi connectivity index (χ3v) is 4.25. The monoisotopic (exact) mass is 401 g/mol. The van der Waals surface area contributed by atoms with Crippen LogP contribution in [0.2, 0.25) is 0 Å². The Morgan fingerprint density at radius 1 is 1.24 bits per heavy atom. The molecule has 0 atom stereocenters. The lowest BCUT2D eigenvalue weighted by atomic mass is 10.3. The molecule has 29 heavy (non-hydrogen) atoms. The highest BCUT2D eigenvalue weighted by atomic mass is 19.1. The molecule has 0 radical (unpaired) electrons. The van der Waals surface area contributed by atoms with Crippen LogP contribution < -0.4 is 10.9 Å². The van der Waals surface area contributed by atoms with Crippen molar-refractivity contribution in [1.29, 1.82) is 0 Å². The minimum Gasteiger partial charge on any atom is -0.465 e. The maximum atomic E-state index is 13.2. The molecule has 2 aromatic heterocycles. The minimum atomic E-state index is -0.523. The van der Waals surface area contributed by atoms with Gasteiger partial charge in [-0.25, -0.2) is 14.1 Å². The van der Waals surface area contributed by atoms with Crippen molar-refractivity contribution in [3.05, 3.63) is 52.5 Å². The van der Waals surface area contributed by atoms with Crippen LogP contribution in [0, 0.1) is 12.7 Å². The lowest BCUT2D eigenvalue weighted by Crippen LogP contribution is -2.32. The van der Waals surface area contributed by atoms with E-state index in [0.29, 0.717) is 17.2 Å². The number of nitrogens with one attached hydrogen (secondary N) is 1. The van der Waals surface area contributed by atoms with E-state index in [1.807, 2.05) is 0 Å². The van der Waals surface area contributed by atoms with E-state index in [0.717, 1.165) is 0 Å². The molecular weight excluding hydrogens is 381 g/mol. The number of hydrogen-bond donors (Lipinski definition) is 1. The van der Waals surface area contributed by atoms with Gasteiger partial charge in [0.05, 0.1) is 18.5 Å². The Morgan fingerprint density at radius 3 is 2.66 bits per heavy atom. The lowest BCUT2D eigenvalue weighted by molar-refractivity contribution is -0.143. The molecule has 1 aromatic carbocycles. The molecule has 0 aliphatic heterocycles. The molecule has 0 spiro atoms. The highest BCUT2D eigenvalue weighted by molar-refractivity contribution is 5.81. The molecule has 0 unspecified atom stereocenters. The zero-order chi connectivity index (χ0) is 21.0. The largest absolute Gasteiger partial charge is 0.465 e. The second-order valence-corrected chi connectivity index (χ2v) is 6.22. The number of nitrogens with zero attached hydrogens (tertiary/aromatic N) is 4. The van der Waals surface area contributed by atoms with E-state index in [9.17, 15) is 18.8 Å². The number of carbonyl (C=O) groups excluding carboxylic acids is 2. The Balaban J connectivity index is 1.78. The number of rotatable bonds is 7. The van der Waals surface area contributed by atoms with Gasteiger partial charge in [-0.1, -0.05) is 0 Å². The first-order chi connectivity index (χ1) is 13.9. The predicted octanol–water partition coefficient (Wildman–Crippen LogP) is 1.10. The second kappa shape index (κ2) is 8.63. The first-order valence-corrected chi connectivity index (χ1v) is 9.04. The predicted molar refractivity (Wildman–Crippen MR) is 102 cm³/mol. The fourth-order valence-electron chi connectivity index (χ4n) is 2.83. The summed E-state index contributed by atoms with van der Waals surface area (Å²) < 4.78 is 20.7. The number of aryl methyl sites for hydroxylation is 1. The van der Waals surface area contributed by atoms with Crippen LogP contribution in [-0.2, 0) is 20.9 Å². The molecule has 0 aliphatic carbocycles. The molecule has 1 N–H and O–H groups in total. The highest BCUT2D eigenvalue weighted by Gasteiger charge is 2.15. The molecule has 1 amide bonds. The van der Waals surface area contributed by atoms with E-state index >= 15 is 0 Å². The van der Waals surface area contributed by atoms with Crippen molar-refractivity contribution in [2.45, 2.75) is 26.8 Å². The SMILES string of the molecule is CCOC(=O)CNC(=O)CCn1c(C)nc2c(cnn2-c2ccc(F)cc2)c1=O. The van der Waals surface area contributed by atoms with E-state index in [2.05, 4.69) is 15.4 Å². The van der Waals surface area contributed by atoms with Gasteiger partial charge < -0.3 is 10.1 Å². The van der Waals surface area contributed by atoms with Crippen molar-refractivity contribution >= 4 is 22.9 Å². The first-order valence-electron chi connectivity index (χ1n) is 9.04. The van der Waals surface area contributed by atoms with Crippen molar-refractivity contribution < 1.29 is 18.7 Å². The Bertz CT molecular complexity index is 1100. The van der Waals surface area contributed by atoms with E-state index in [1.54, 1.807) is 13.8 Å². The van der Waals surface area contributed by atoms with Crippen LogP contribution in [0.25, 0.3) is 16.7 Å². The summed E-state index contributed by atoms with van der Waals surface area (Å²) in [4.78, 5) is 40.5. The Labute approximate surface area is 165 Å². The van der Waals surface area contributed by atoms with Gasteiger partial charge in [0.25, 0.3) is 5.56 Å². The smallest absolute Gasteiger partial charge is 0.325 e. The summed E-state index contributed by atoms with van der Waals surface area (Å²) in [5.74, 6) is -0.876. The molecule has 9 nitrogen and oxygen atoms in total. The third kappa shape index (κ3) is 4.48. The van der Waals surface area contributed by atoms with Gasteiger partial charge >= 0.3 is 5.97 Å². The number of esters is 1. The van der Waals surface area contributed by atoms with Gasteiger partial charge in [-0.2, -0.15) is 5.10 Å². The van der Waals surface area contributed by atoms with Gasteiger partial charge in [0, 0.05) is 13.0 Å². The molecule has 0 saturated heterocycles. The molecule has 10 heteroatoms. The van der Waals surface area contributed by atoms with Crippen LogP contribution in [-0.4, -0.2) is 44.4 Å². The summed E-state index contributed by atoms with van der Waals surface area (Å²) in [6.07, 6.45) is 1.39. The van der Waals surface area contributed by atoms with E-state index < -0.39 is 5.97 Å². The van der Waals surface area contributed by atoms with Crippen molar-refractivity contribution in [2.24, 2.45) is 0 Å². The molecular formula is C19H20FN5O4. The van der Waals surface area contributed by atoms with Crippen molar-refractivity contribution in [3.8, 4) is 5.69 Å². The van der Waals surface area contributed by atoms with Crippen LogP contribution in [0.5, 0.6) is 0 Å². The van der Waals surface area contributed by atoms with Crippen molar-refractivity contribution in [1.82, 2.24) is 24.6 Å². The average Bonchev–Trinajstić information content (AvgIpc) is 3.11. The number of aromatic nitrogens is 4. The standard InChI is InChI=1S/C19H20FN5O4/c1-3-29-17(27)11-21-16(26)8-9-24-12(2)23-18-15(19(24)28)10-22-25(18)14-6-4-13(20)5-7-14/h4-7,10H,3,8-9,11H2,1-2H3,(H,21,26). The van der Waals surface area contributed by atoms with Gasteiger partial charge in [0.15, 0.2) is 5.65 Å². The van der Waals surface area contributed by atoms with Gasteiger partial charge in [-0.05, 0) is 38.1 Å². The summed E-state index contributed by atoms with van der Waals surface area (Å²) >= 11 is 0. The van der Waals surface area contributed by atoms with E-state index in [-0.39, 0.29) is 48.8 Å². The summed E-state index contributed by atoms with van der Waals surface area (Å²) in [6, 6.07) is 5.67. The first kappa shape index (κ1) is 20.2. The normalized spacial score (nSPS) is 10.9. The molecule has 3 rings (SSSR count). The maximum absolute atomic E-state index is 13.2. The number of carbonyl (C=O) groups is 2. The van der Waals surface area contributed by atoms with Gasteiger partial charge in [-0.15, -0.1) is 0 Å². The van der Waals surface area contributed by atoms with Crippen LogP contribution in [0.3, 0.4) is 0 Å². The Morgan fingerprint density at radius 2 is 1.97 bits per heavy atom. The van der Waals surface area contributed by atoms with Gasteiger partial charge in [0.2, 0.25) is 5.91 Å². The number of fused-ring (bicyclic) bond motifs is 1. The van der Waals surface area contributed by atoms with Crippen LogP contribution in [0.15, 0.2) is 35.3 Å².